The highest BCUT2D eigenvalue weighted by Gasteiger charge is 2.58. The lowest BCUT2D eigenvalue weighted by Crippen LogP contribution is -2.60. The summed E-state index contributed by atoms with van der Waals surface area (Å²) in [5, 5.41) is 151. The average molecular weight is 669 g/mol. The van der Waals surface area contributed by atoms with E-state index in [4.69, 9.17) is 28.4 Å². The number of hydrogen-bond acceptors (Lipinski definition) is 21. The quantitative estimate of drug-likeness (QED) is 0.0770. The van der Waals surface area contributed by atoms with Crippen LogP contribution in [0.15, 0.2) is 0 Å². The van der Waals surface area contributed by atoms with Crippen LogP contribution in [0, 0.1) is 0 Å². The lowest BCUT2D eigenvalue weighted by Gasteiger charge is -2.41. The molecule has 6 unspecified atom stereocenters. The molecule has 0 bridgehead atoms. The zero-order chi connectivity index (χ0) is 33.8. The van der Waals surface area contributed by atoms with Crippen molar-refractivity contribution < 1.29 is 105 Å². The van der Waals surface area contributed by atoms with Crippen LogP contribution in [0.1, 0.15) is 0 Å². The van der Waals surface area contributed by atoms with Crippen molar-refractivity contribution in [3.8, 4) is 0 Å². The molecule has 0 spiro atoms. The molecule has 3 aliphatic rings. The van der Waals surface area contributed by atoms with E-state index in [9.17, 15) is 76.6 Å². The van der Waals surface area contributed by atoms with Gasteiger partial charge in [-0.05, 0) is 0 Å². The molecule has 3 heterocycles. The van der Waals surface area contributed by atoms with E-state index >= 15 is 0 Å². The van der Waals surface area contributed by atoms with Gasteiger partial charge in [0.2, 0.25) is 5.79 Å². The van der Waals surface area contributed by atoms with E-state index in [1.165, 1.54) is 0 Å². The summed E-state index contributed by atoms with van der Waals surface area (Å²) in [6.45, 7) is -5.57. The Bertz CT molecular complexity index is 884. The van der Waals surface area contributed by atoms with Crippen LogP contribution in [0.4, 0.5) is 0 Å². The third-order valence-corrected chi connectivity index (χ3v) is 7.91. The van der Waals surface area contributed by atoms with Crippen LogP contribution in [0.2, 0.25) is 0 Å². The summed E-state index contributed by atoms with van der Waals surface area (Å²) in [4.78, 5) is 0. The second kappa shape index (κ2) is 16.5. The Kier molecular flexibility index (Phi) is 14.2. The minimum atomic E-state index is -2.66. The summed E-state index contributed by atoms with van der Waals surface area (Å²) in [6, 6.07) is 0. The first-order valence-electron chi connectivity index (χ1n) is 14.0. The van der Waals surface area contributed by atoms with Gasteiger partial charge in [0.15, 0.2) is 12.6 Å². The molecular formula is C24H44O21. The Hall–Kier alpha value is -0.840. The molecule has 18 atom stereocenters. The molecule has 15 N–H and O–H groups in total. The van der Waals surface area contributed by atoms with Gasteiger partial charge in [-0.15, -0.1) is 0 Å². The molecule has 0 saturated carbocycles. The van der Waals surface area contributed by atoms with Crippen LogP contribution < -0.4 is 0 Å². The molecule has 0 aromatic rings. The highest BCUT2D eigenvalue weighted by molar-refractivity contribution is 4.99. The van der Waals surface area contributed by atoms with Gasteiger partial charge in [0.25, 0.3) is 0 Å². The second-order valence-corrected chi connectivity index (χ2v) is 11.0. The maximum Gasteiger partial charge on any atom is 0.222 e. The highest BCUT2D eigenvalue weighted by atomic mass is 16.8. The molecule has 45 heavy (non-hydrogen) atoms. The van der Waals surface area contributed by atoms with Gasteiger partial charge in [0, 0.05) is 0 Å². The van der Waals surface area contributed by atoms with E-state index in [1.54, 1.807) is 0 Å². The molecule has 0 radical (unpaired) electrons. The molecule has 3 saturated heterocycles. The number of hydrogen-bond donors (Lipinski definition) is 15. The van der Waals surface area contributed by atoms with E-state index in [1.807, 2.05) is 0 Å². The molecule has 266 valence electrons. The normalized spacial score (nSPS) is 45.3. The summed E-state index contributed by atoms with van der Waals surface area (Å²) >= 11 is 0. The Morgan fingerprint density at radius 3 is 1.58 bits per heavy atom. The number of aliphatic hydroxyl groups excluding tert-OH is 15. The fourth-order valence-corrected chi connectivity index (χ4v) is 5.08. The van der Waals surface area contributed by atoms with E-state index < -0.39 is 150 Å². The van der Waals surface area contributed by atoms with Gasteiger partial charge < -0.3 is 105 Å². The first kappa shape index (κ1) is 38.6. The smallest absolute Gasteiger partial charge is 0.222 e. The monoisotopic (exact) mass is 668 g/mol. The first-order valence-corrected chi connectivity index (χ1v) is 14.0. The largest absolute Gasteiger partial charge is 0.394 e. The van der Waals surface area contributed by atoms with E-state index in [-0.39, 0.29) is 0 Å². The van der Waals surface area contributed by atoms with Crippen LogP contribution in [0.3, 0.4) is 0 Å². The summed E-state index contributed by atoms with van der Waals surface area (Å²) in [5.74, 6) is -2.66. The van der Waals surface area contributed by atoms with E-state index in [0.717, 1.165) is 0 Å². The minimum Gasteiger partial charge on any atom is -0.394 e. The van der Waals surface area contributed by atoms with Crippen LogP contribution >= 0.6 is 0 Å². The summed E-state index contributed by atoms with van der Waals surface area (Å²) in [7, 11) is 0. The SMILES string of the molecule is OCC(O)[C@@H](O)[C@H](O[C@@]1(CO)O[C@H](CO[C@H]2OC(CO)[C@@H](O)[C@H](O)C2O)[C@H](O)C1O)[C@H](O)CO[C@H]1OC(CO)[C@@H](O)[C@H](O)C1O. The molecule has 3 rings (SSSR count). The van der Waals surface area contributed by atoms with Crippen molar-refractivity contribution in [1.82, 2.24) is 0 Å². The second-order valence-electron chi connectivity index (χ2n) is 11.0. The van der Waals surface area contributed by atoms with Crippen LogP contribution in [-0.2, 0) is 28.4 Å². The highest BCUT2D eigenvalue weighted by Crippen LogP contribution is 2.36. The molecule has 0 amide bonds. The molecule has 21 heteroatoms. The Morgan fingerprint density at radius 2 is 1.11 bits per heavy atom. The molecule has 0 aromatic heterocycles. The zero-order valence-electron chi connectivity index (χ0n) is 23.7. The van der Waals surface area contributed by atoms with Crippen molar-refractivity contribution in [2.45, 2.75) is 110 Å². The Morgan fingerprint density at radius 1 is 0.600 bits per heavy atom. The van der Waals surface area contributed by atoms with Crippen molar-refractivity contribution in [2.75, 3.05) is 39.6 Å². The van der Waals surface area contributed by atoms with Crippen molar-refractivity contribution >= 4 is 0 Å². The predicted molar refractivity (Wildman–Crippen MR) is 136 cm³/mol. The molecule has 0 aliphatic carbocycles. The first-order chi connectivity index (χ1) is 21.2. The maximum absolute atomic E-state index is 10.9. The van der Waals surface area contributed by atoms with Crippen molar-refractivity contribution in [1.29, 1.82) is 0 Å². The van der Waals surface area contributed by atoms with Crippen molar-refractivity contribution in [3.05, 3.63) is 0 Å². The molecule has 3 fully saturated rings. The van der Waals surface area contributed by atoms with E-state index in [2.05, 4.69) is 0 Å². The van der Waals surface area contributed by atoms with Gasteiger partial charge in [-0.2, -0.15) is 0 Å². The van der Waals surface area contributed by atoms with Crippen LogP contribution in [0.5, 0.6) is 0 Å². The van der Waals surface area contributed by atoms with Gasteiger partial charge in [-0.1, -0.05) is 0 Å². The predicted octanol–water partition coefficient (Wildman–Crippen LogP) is -10.1. The third kappa shape index (κ3) is 8.25. The lowest BCUT2D eigenvalue weighted by atomic mass is 9.99. The zero-order valence-corrected chi connectivity index (χ0v) is 23.7. The van der Waals surface area contributed by atoms with Gasteiger partial charge in [-0.25, -0.2) is 0 Å². The average Bonchev–Trinajstić information content (AvgIpc) is 3.28. The number of ether oxygens (including phenoxy) is 6. The molecular weight excluding hydrogens is 624 g/mol. The Balaban J connectivity index is 1.73. The van der Waals surface area contributed by atoms with Crippen molar-refractivity contribution in [2.24, 2.45) is 0 Å². The fraction of sp³-hybridized carbons (Fsp3) is 1.00. The number of aliphatic hydroxyl groups is 15. The van der Waals surface area contributed by atoms with E-state index in [0.29, 0.717) is 0 Å². The van der Waals surface area contributed by atoms with Gasteiger partial charge in [0.1, 0.15) is 98.2 Å². The van der Waals surface area contributed by atoms with Gasteiger partial charge in [0.05, 0.1) is 33.0 Å². The standard InChI is InChI=1S/C24H44O21/c25-1-7(29)12(31)20(8(30)4-40-22-18(37)16(35)13(32)9(2-26)42-22)45-24(6-28)21(39)15(34)11(44-24)5-41-23-19(38)17(36)14(33)10(3-27)43-23/h7-23,25-39H,1-6H2/t7?,8-,9?,10?,11-,12-,13-,14-,15+,16+,17+,18?,19?,20-,21?,22+,23+,24-/m1/s1. The topological polar surface area (TPSA) is 359 Å². The third-order valence-electron chi connectivity index (χ3n) is 7.91. The summed E-state index contributed by atoms with van der Waals surface area (Å²) in [5.41, 5.74) is 0. The number of rotatable bonds is 15. The summed E-state index contributed by atoms with van der Waals surface area (Å²) in [6.07, 6.45) is -30.9. The molecule has 3 aliphatic heterocycles. The summed E-state index contributed by atoms with van der Waals surface area (Å²) < 4.78 is 31.9. The maximum atomic E-state index is 10.9. The van der Waals surface area contributed by atoms with Gasteiger partial charge in [-0.3, -0.25) is 0 Å². The lowest BCUT2D eigenvalue weighted by molar-refractivity contribution is -0.336. The molecule has 0 aromatic carbocycles. The van der Waals surface area contributed by atoms with Crippen LogP contribution in [0.25, 0.3) is 0 Å². The minimum absolute atomic E-state index is 0.735. The van der Waals surface area contributed by atoms with Crippen LogP contribution in [-0.4, -0.2) is 226 Å². The molecule has 21 nitrogen and oxygen atoms in total. The Labute approximate surface area is 255 Å². The van der Waals surface area contributed by atoms with Gasteiger partial charge >= 0.3 is 0 Å². The fourth-order valence-electron chi connectivity index (χ4n) is 5.08. The van der Waals surface area contributed by atoms with Crippen molar-refractivity contribution in [3.63, 3.8) is 0 Å².